The predicted molar refractivity (Wildman–Crippen MR) is 211 cm³/mol. The normalized spacial score (nSPS) is 19.8. The zero-order valence-corrected chi connectivity index (χ0v) is 37.8. The fraction of sp³-hybridized carbons (Fsp3) is 0.567. The summed E-state index contributed by atoms with van der Waals surface area (Å²) in [4.78, 5) is 131. The van der Waals surface area contributed by atoms with Crippen molar-refractivity contribution >= 4 is 94.0 Å². The number of aliphatic hydroxyl groups excluding tert-OH is 2. The van der Waals surface area contributed by atoms with Crippen LogP contribution in [0.1, 0.15) is 31.9 Å². The van der Waals surface area contributed by atoms with Crippen LogP contribution in [0.5, 0.6) is 0 Å². The van der Waals surface area contributed by atoms with Crippen LogP contribution in [-0.4, -0.2) is 171 Å². The first kappa shape index (κ1) is 55.7. The maximum absolute atomic E-state index is 12.9. The summed E-state index contributed by atoms with van der Waals surface area (Å²) in [7, 11) is -3.69. The van der Waals surface area contributed by atoms with E-state index in [1.54, 1.807) is 5.09 Å². The zero-order chi connectivity index (χ0) is 47.2. The molecule has 30 nitrogen and oxygen atoms in total. The molecule has 4 amide bonds. The number of nitrogens with zero attached hydrogens (tertiary/aromatic N) is 3. The number of carboxylic acids is 4. The Bertz CT molecular complexity index is 2140. The number of nitrogens with one attached hydrogen (secondary N) is 6. The fourth-order valence-electron chi connectivity index (χ4n) is 5.26. The number of carboxylic acid groups (broad SMARTS) is 4. The van der Waals surface area contributed by atoms with Crippen molar-refractivity contribution in [3.63, 3.8) is 0 Å². The van der Waals surface area contributed by atoms with E-state index in [9.17, 15) is 67.9 Å². The number of hydrogen-bond donors (Lipinski definition) is 14. The third-order valence-electron chi connectivity index (χ3n) is 8.43. The molecule has 0 aliphatic carbocycles. The van der Waals surface area contributed by atoms with Crippen LogP contribution in [0.4, 0.5) is 5.95 Å². The molecule has 1 aliphatic heterocycles. The number of carbonyl (C=O) groups excluding carboxylic acids is 4. The molecule has 3 heterocycles. The van der Waals surface area contributed by atoms with E-state index < -0.39 is 148 Å². The van der Waals surface area contributed by atoms with Crippen molar-refractivity contribution in [1.29, 1.82) is 0 Å². The SMILES string of the molecule is Nc1nc2c(ncn2[C@H]2OC(COP(=O)([O-])NC(CCC(=O)NC(CSSCC(NC(=O)CCC(N)C(=O)O)C(=O)NCC(=O)O)C(=O)NCC(=O)O)C(=O)O)[C@H](O)[C@@H]2O)c(=O)[nH]1.[Na+]. The second-order valence-corrected chi connectivity index (χ2v) is 17.3. The van der Waals surface area contributed by atoms with Crippen molar-refractivity contribution < 1.29 is 117 Å². The van der Waals surface area contributed by atoms with E-state index in [1.807, 2.05) is 5.32 Å². The fourth-order valence-corrected chi connectivity index (χ4v) is 8.62. The average Bonchev–Trinajstić information content (AvgIpc) is 3.75. The molecule has 0 radical (unpaired) electrons. The Morgan fingerprint density at radius 1 is 0.891 bits per heavy atom. The number of carbonyl (C=O) groups is 8. The van der Waals surface area contributed by atoms with E-state index in [4.69, 9.17) is 36.0 Å². The Hall–Kier alpha value is -4.44. The van der Waals surface area contributed by atoms with Gasteiger partial charge < -0.3 is 77.5 Å². The molecule has 1 aliphatic rings. The van der Waals surface area contributed by atoms with Crippen molar-refractivity contribution in [1.82, 2.24) is 45.9 Å². The van der Waals surface area contributed by atoms with E-state index in [0.717, 1.165) is 32.5 Å². The van der Waals surface area contributed by atoms with Crippen molar-refractivity contribution in [2.24, 2.45) is 5.73 Å². The number of aliphatic hydroxyl groups is 2. The monoisotopic (exact) mass is 979 g/mol. The molecule has 64 heavy (non-hydrogen) atoms. The number of hydrogen-bond acceptors (Lipinski definition) is 21. The van der Waals surface area contributed by atoms with Crippen molar-refractivity contribution in [2.45, 2.75) is 74.4 Å². The third-order valence-corrected chi connectivity index (χ3v) is 12.0. The van der Waals surface area contributed by atoms with Gasteiger partial charge in [0.1, 0.15) is 55.6 Å². The smallest absolute Gasteiger partial charge is 0.766 e. The van der Waals surface area contributed by atoms with E-state index in [-0.39, 0.29) is 64.6 Å². The van der Waals surface area contributed by atoms with Gasteiger partial charge in [-0.3, -0.25) is 57.3 Å². The Morgan fingerprint density at radius 2 is 1.42 bits per heavy atom. The van der Waals surface area contributed by atoms with E-state index in [0.29, 0.717) is 0 Å². The second kappa shape index (κ2) is 25.9. The van der Waals surface area contributed by atoms with E-state index in [2.05, 4.69) is 30.9 Å². The van der Waals surface area contributed by atoms with Gasteiger partial charge in [0.15, 0.2) is 17.4 Å². The Morgan fingerprint density at radius 3 is 1.92 bits per heavy atom. The number of H-pyrrole nitrogens is 1. The maximum atomic E-state index is 12.9. The standard InChI is InChI=1S/C30H44N11O19PS2.Na/c31-11(28(53)54)1-3-16(42)36-13(24(50)33-5-18(44)45)8-62-63-9-14(25(51)34-6-19(46)47)37-17(43)4-2-12(29(55)56)40-61(57,58)59-7-15-21(48)22(49)27(60-15)41-10-35-20-23(41)38-30(32)39-26(20)52;/h10-15,21-22,27,48-49H,1-9,31H2,(H,33,50)(H,34,51)(H,36,42)(H,37,43)(H,44,45)(H,46,47)(H,53,54)(H,55,56)(H2,40,57,58)(H3,32,38,39,52);/q;+1/p-1/t11?,12?,13?,14?,15?,21-,22-,27-;/m0./s1. The minimum Gasteiger partial charge on any atom is -0.766 e. The Balaban J connectivity index is 0.0000141. The second-order valence-electron chi connectivity index (χ2n) is 13.2. The van der Waals surface area contributed by atoms with Gasteiger partial charge in [0.05, 0.1) is 12.9 Å². The third kappa shape index (κ3) is 17.5. The van der Waals surface area contributed by atoms with Gasteiger partial charge in [-0.05, 0) is 12.8 Å². The summed E-state index contributed by atoms with van der Waals surface area (Å²) in [6, 6.07) is -6.30. The molecule has 1 saturated heterocycles. The Labute approximate surface area is 389 Å². The molecule has 2 aromatic rings. The molecule has 0 saturated carbocycles. The van der Waals surface area contributed by atoms with Gasteiger partial charge in [0, 0.05) is 24.3 Å². The number of amides is 4. The van der Waals surface area contributed by atoms with Crippen LogP contribution in [0.15, 0.2) is 11.1 Å². The first-order valence-corrected chi connectivity index (χ1v) is 22.0. The number of aliphatic carboxylic acids is 4. The van der Waals surface area contributed by atoms with Gasteiger partial charge >= 0.3 is 53.4 Å². The topological polar surface area (TPSA) is 492 Å². The molecular weight excluding hydrogens is 936 g/mol. The molecule has 0 spiro atoms. The van der Waals surface area contributed by atoms with Gasteiger partial charge in [-0.2, -0.15) is 4.98 Å². The number of anilines is 1. The van der Waals surface area contributed by atoms with E-state index >= 15 is 0 Å². The van der Waals surface area contributed by atoms with Crippen molar-refractivity contribution in [2.75, 3.05) is 36.9 Å². The molecule has 6 unspecified atom stereocenters. The molecule has 34 heteroatoms. The summed E-state index contributed by atoms with van der Waals surface area (Å²) in [5.74, 6) is -10.7. The molecule has 350 valence electrons. The summed E-state index contributed by atoms with van der Waals surface area (Å²) in [5, 5.41) is 68.1. The average molecular weight is 980 g/mol. The summed E-state index contributed by atoms with van der Waals surface area (Å²) in [6.45, 7) is -2.67. The number of fused-ring (bicyclic) bond motifs is 1. The number of aromatic amines is 1. The zero-order valence-electron chi connectivity index (χ0n) is 33.3. The van der Waals surface area contributed by atoms with Gasteiger partial charge in [-0.25, -0.2) is 10.1 Å². The minimum absolute atomic E-state index is 0. The molecule has 0 aromatic carbocycles. The molecule has 1 fully saturated rings. The predicted octanol–water partition coefficient (Wildman–Crippen LogP) is -9.42. The van der Waals surface area contributed by atoms with Crippen LogP contribution in [0.3, 0.4) is 0 Å². The van der Waals surface area contributed by atoms with Crippen LogP contribution < -0.4 is 77.8 Å². The molecule has 3 rings (SSSR count). The quantitative estimate of drug-likeness (QED) is 0.0171. The maximum Gasteiger partial charge on any atom is 1.00 e. The first-order chi connectivity index (χ1) is 29.5. The number of aromatic nitrogens is 4. The van der Waals surface area contributed by atoms with Crippen molar-refractivity contribution in [3.8, 4) is 0 Å². The van der Waals surface area contributed by atoms with Crippen LogP contribution in [0.25, 0.3) is 11.2 Å². The summed E-state index contributed by atoms with van der Waals surface area (Å²) < 4.78 is 24.2. The van der Waals surface area contributed by atoms with Crippen molar-refractivity contribution in [3.05, 3.63) is 16.7 Å². The number of rotatable bonds is 27. The first-order valence-electron chi connectivity index (χ1n) is 18.0. The van der Waals surface area contributed by atoms with Gasteiger partial charge in [-0.1, -0.05) is 21.6 Å². The molecule has 16 N–H and O–H groups in total. The van der Waals surface area contributed by atoms with E-state index in [1.165, 1.54) is 0 Å². The van der Waals surface area contributed by atoms with Crippen LogP contribution in [0, 0.1) is 0 Å². The number of nitrogens with two attached hydrogens (primary N) is 2. The van der Waals surface area contributed by atoms with Gasteiger partial charge in [0.2, 0.25) is 37.3 Å². The molecule has 2 aromatic heterocycles. The van der Waals surface area contributed by atoms with Gasteiger partial charge in [-0.15, -0.1) is 0 Å². The summed E-state index contributed by atoms with van der Waals surface area (Å²) >= 11 is 0. The number of ether oxygens (including phenoxy) is 1. The molecule has 9 atom stereocenters. The molecule has 0 bridgehead atoms. The number of imidazole rings is 1. The number of nitrogen functional groups attached to an aromatic ring is 1. The minimum atomic E-state index is -5.34. The summed E-state index contributed by atoms with van der Waals surface area (Å²) in [5.41, 5.74) is 9.90. The van der Waals surface area contributed by atoms with Crippen LogP contribution >= 0.6 is 29.3 Å². The van der Waals surface area contributed by atoms with Crippen LogP contribution in [0.2, 0.25) is 0 Å². The van der Waals surface area contributed by atoms with Gasteiger partial charge in [0.25, 0.3) is 5.56 Å². The largest absolute Gasteiger partial charge is 1.00 e. The Kier molecular flexibility index (Phi) is 22.5. The van der Waals surface area contributed by atoms with Crippen LogP contribution in [-0.2, 0) is 52.2 Å². The molecular formula is C30H43N11NaO19PS2. The summed E-state index contributed by atoms with van der Waals surface area (Å²) in [6.07, 6.45) is -7.67.